The van der Waals surface area contributed by atoms with E-state index in [4.69, 9.17) is 16.3 Å². The highest BCUT2D eigenvalue weighted by Crippen LogP contribution is 2.32. The Morgan fingerprint density at radius 1 is 1.22 bits per heavy atom. The van der Waals surface area contributed by atoms with Crippen molar-refractivity contribution in [2.24, 2.45) is 0 Å². The summed E-state index contributed by atoms with van der Waals surface area (Å²) in [5.41, 5.74) is 1.58. The van der Waals surface area contributed by atoms with Gasteiger partial charge in [-0.2, -0.15) is 0 Å². The number of halogens is 1. The van der Waals surface area contributed by atoms with Gasteiger partial charge in [0, 0.05) is 61.3 Å². The molecule has 0 unspecified atom stereocenters. The summed E-state index contributed by atoms with van der Waals surface area (Å²) in [7, 11) is -3.45. The number of aliphatic hydroxyl groups is 1. The first-order valence-corrected chi connectivity index (χ1v) is 11.3. The first-order valence-electron chi connectivity index (χ1n) is 9.02. The molecular formula is C19H24ClNO5S. The van der Waals surface area contributed by atoms with E-state index in [1.54, 1.807) is 12.1 Å². The van der Waals surface area contributed by atoms with Gasteiger partial charge >= 0.3 is 0 Å². The smallest absolute Gasteiger partial charge is 0.175 e. The number of Topliss-reactive ketones (excluding diaryl/α,β-unsaturated/α-hetero) is 1. The molecular weight excluding hydrogens is 390 g/mol. The van der Waals surface area contributed by atoms with Gasteiger partial charge in [-0.3, -0.25) is 9.69 Å². The zero-order valence-electron chi connectivity index (χ0n) is 15.3. The van der Waals surface area contributed by atoms with Crippen LogP contribution in [0.2, 0.25) is 5.02 Å². The normalized spacial score (nSPS) is 19.6. The summed E-state index contributed by atoms with van der Waals surface area (Å²) in [6.45, 7) is 3.00. The average Bonchev–Trinajstić information content (AvgIpc) is 2.61. The van der Waals surface area contributed by atoms with E-state index in [0.717, 1.165) is 0 Å². The van der Waals surface area contributed by atoms with E-state index in [1.165, 1.54) is 6.26 Å². The fourth-order valence-electron chi connectivity index (χ4n) is 3.54. The standard InChI is InChI=1S/C19H24ClNO5S/c1-27(24,25)18-6-5-13(11-14-16(22)3-2-4-17(14)23)19(20)15(18)12-21-7-9-26-10-8-21/h5-6,22H,2-4,7-12H2,1H3. The molecule has 6 nitrogen and oxygen atoms in total. The lowest BCUT2D eigenvalue weighted by atomic mass is 9.91. The van der Waals surface area contributed by atoms with Gasteiger partial charge < -0.3 is 9.84 Å². The maximum Gasteiger partial charge on any atom is 0.175 e. The molecule has 0 aromatic heterocycles. The predicted octanol–water partition coefficient (Wildman–Crippen LogP) is 2.68. The Labute approximate surface area is 164 Å². The molecule has 0 amide bonds. The average molecular weight is 414 g/mol. The van der Waals surface area contributed by atoms with E-state index in [1.807, 2.05) is 0 Å². The maximum absolute atomic E-state index is 12.2. The number of rotatable bonds is 5. The molecule has 0 bridgehead atoms. The molecule has 1 aliphatic carbocycles. The van der Waals surface area contributed by atoms with Crippen molar-refractivity contribution in [3.8, 4) is 0 Å². The fraction of sp³-hybridized carbons (Fsp3) is 0.526. The molecule has 0 saturated carbocycles. The van der Waals surface area contributed by atoms with Crippen molar-refractivity contribution in [2.75, 3.05) is 32.6 Å². The van der Waals surface area contributed by atoms with Gasteiger partial charge in [-0.15, -0.1) is 0 Å². The number of nitrogens with zero attached hydrogens (tertiary/aromatic N) is 1. The SMILES string of the molecule is CS(=O)(=O)c1ccc(CC2=C(O)CCCC2=O)c(Cl)c1CN1CCOCC1. The Kier molecular flexibility index (Phi) is 6.25. The molecule has 3 rings (SSSR count). The monoisotopic (exact) mass is 413 g/mol. The predicted molar refractivity (Wildman–Crippen MR) is 103 cm³/mol. The van der Waals surface area contributed by atoms with Gasteiger partial charge in [0.15, 0.2) is 15.6 Å². The number of hydrogen-bond donors (Lipinski definition) is 1. The second kappa shape index (κ2) is 8.31. The van der Waals surface area contributed by atoms with Crippen LogP contribution in [0, 0.1) is 0 Å². The molecule has 1 aliphatic heterocycles. The van der Waals surface area contributed by atoms with Crippen molar-refractivity contribution in [2.45, 2.75) is 37.1 Å². The zero-order valence-corrected chi connectivity index (χ0v) is 16.9. The van der Waals surface area contributed by atoms with Crippen molar-refractivity contribution < 1.29 is 23.1 Å². The van der Waals surface area contributed by atoms with Crippen molar-refractivity contribution >= 4 is 27.2 Å². The highest BCUT2D eigenvalue weighted by atomic mass is 35.5. The van der Waals surface area contributed by atoms with Gasteiger partial charge in [0.05, 0.1) is 23.9 Å². The molecule has 1 saturated heterocycles. The van der Waals surface area contributed by atoms with Crippen LogP contribution in [0.5, 0.6) is 0 Å². The van der Waals surface area contributed by atoms with Crippen molar-refractivity contribution in [1.82, 2.24) is 4.90 Å². The van der Waals surface area contributed by atoms with Gasteiger partial charge in [0.1, 0.15) is 0 Å². The lowest BCUT2D eigenvalue weighted by Gasteiger charge is -2.28. The van der Waals surface area contributed by atoms with Gasteiger partial charge in [-0.25, -0.2) is 8.42 Å². The Morgan fingerprint density at radius 3 is 2.56 bits per heavy atom. The van der Waals surface area contributed by atoms with E-state index >= 15 is 0 Å². The lowest BCUT2D eigenvalue weighted by Crippen LogP contribution is -2.36. The Balaban J connectivity index is 1.98. The second-order valence-corrected chi connectivity index (χ2v) is 9.42. The van der Waals surface area contributed by atoms with Gasteiger partial charge in [-0.1, -0.05) is 17.7 Å². The van der Waals surface area contributed by atoms with Crippen LogP contribution < -0.4 is 0 Å². The van der Waals surface area contributed by atoms with Crippen molar-refractivity contribution in [3.63, 3.8) is 0 Å². The Morgan fingerprint density at radius 2 is 1.93 bits per heavy atom. The number of allylic oxidation sites excluding steroid dienone is 2. The van der Waals surface area contributed by atoms with Crippen LogP contribution in [0.3, 0.4) is 0 Å². The molecule has 1 aromatic rings. The molecule has 1 N–H and O–H groups in total. The molecule has 0 spiro atoms. The highest BCUT2D eigenvalue weighted by Gasteiger charge is 2.25. The van der Waals surface area contributed by atoms with Crippen LogP contribution in [-0.4, -0.2) is 56.8 Å². The number of carbonyl (C=O) groups excluding carboxylic acids is 1. The minimum atomic E-state index is -3.45. The number of ketones is 1. The molecule has 1 fully saturated rings. The maximum atomic E-state index is 12.2. The van der Waals surface area contributed by atoms with Crippen LogP contribution in [0.15, 0.2) is 28.4 Å². The summed E-state index contributed by atoms with van der Waals surface area (Å²) >= 11 is 6.62. The molecule has 8 heteroatoms. The molecule has 27 heavy (non-hydrogen) atoms. The van der Waals surface area contributed by atoms with Crippen molar-refractivity contribution in [3.05, 3.63) is 39.6 Å². The van der Waals surface area contributed by atoms with Gasteiger partial charge in [0.25, 0.3) is 0 Å². The second-order valence-electron chi connectivity index (χ2n) is 7.05. The topological polar surface area (TPSA) is 83.9 Å². The molecule has 148 valence electrons. The van der Waals surface area contributed by atoms with Crippen LogP contribution in [0.1, 0.15) is 30.4 Å². The molecule has 0 radical (unpaired) electrons. The summed E-state index contributed by atoms with van der Waals surface area (Å²) in [4.78, 5) is 14.5. The minimum Gasteiger partial charge on any atom is -0.512 e. The largest absolute Gasteiger partial charge is 0.512 e. The van der Waals surface area contributed by atoms with E-state index in [2.05, 4.69) is 4.90 Å². The number of morpholine rings is 1. The highest BCUT2D eigenvalue weighted by molar-refractivity contribution is 7.90. The number of aliphatic hydroxyl groups excluding tert-OH is 1. The van der Waals surface area contributed by atoms with Gasteiger partial charge in [-0.05, 0) is 18.1 Å². The molecule has 1 aromatic carbocycles. The van der Waals surface area contributed by atoms with E-state index < -0.39 is 9.84 Å². The molecule has 2 aliphatic rings. The first kappa shape index (κ1) is 20.3. The lowest BCUT2D eigenvalue weighted by molar-refractivity contribution is -0.116. The van der Waals surface area contributed by atoms with E-state index in [-0.39, 0.29) is 22.9 Å². The number of hydrogen-bond acceptors (Lipinski definition) is 6. The third-order valence-electron chi connectivity index (χ3n) is 5.03. The number of ether oxygens (including phenoxy) is 1. The first-order chi connectivity index (χ1) is 12.8. The number of benzene rings is 1. The molecule has 1 heterocycles. The Bertz CT molecular complexity index is 872. The van der Waals surface area contributed by atoms with E-state index in [9.17, 15) is 18.3 Å². The summed E-state index contributed by atoms with van der Waals surface area (Å²) in [6.07, 6.45) is 2.93. The van der Waals surface area contributed by atoms with Crippen LogP contribution in [-0.2, 0) is 32.3 Å². The van der Waals surface area contributed by atoms with Crippen LogP contribution >= 0.6 is 11.6 Å². The number of sulfone groups is 1. The zero-order chi connectivity index (χ0) is 19.6. The third-order valence-corrected chi connectivity index (χ3v) is 6.69. The fourth-order valence-corrected chi connectivity index (χ4v) is 4.81. The van der Waals surface area contributed by atoms with Crippen molar-refractivity contribution in [1.29, 1.82) is 0 Å². The quantitative estimate of drug-likeness (QED) is 0.798. The summed E-state index contributed by atoms with van der Waals surface area (Å²) in [5, 5.41) is 10.5. The third kappa shape index (κ3) is 4.71. The molecule has 0 atom stereocenters. The minimum absolute atomic E-state index is 0.0725. The summed E-state index contributed by atoms with van der Waals surface area (Å²) < 4.78 is 29.8. The van der Waals surface area contributed by atoms with E-state index in [0.29, 0.717) is 73.8 Å². The van der Waals surface area contributed by atoms with Gasteiger partial charge in [0.2, 0.25) is 0 Å². The Hall–Kier alpha value is -1.41. The summed E-state index contributed by atoms with van der Waals surface area (Å²) in [5.74, 6) is 0.0426. The summed E-state index contributed by atoms with van der Waals surface area (Å²) in [6, 6.07) is 3.20. The van der Waals surface area contributed by atoms with Crippen LogP contribution in [0.4, 0.5) is 0 Å². The number of carbonyl (C=O) groups is 1. The van der Waals surface area contributed by atoms with Crippen LogP contribution in [0.25, 0.3) is 0 Å².